The van der Waals surface area contributed by atoms with Crippen molar-refractivity contribution in [3.8, 4) is 0 Å². The molecule has 2 nitrogen and oxygen atoms in total. The van der Waals surface area contributed by atoms with E-state index in [4.69, 9.17) is 9.47 Å². The molecule has 0 aromatic heterocycles. The lowest BCUT2D eigenvalue weighted by molar-refractivity contribution is -0.153. The molecule has 1 aliphatic heterocycles. The summed E-state index contributed by atoms with van der Waals surface area (Å²) in [7, 11) is 0. The molecule has 104 valence electrons. The summed E-state index contributed by atoms with van der Waals surface area (Å²) < 4.78 is 11.3. The Hall–Kier alpha value is -0.340. The van der Waals surface area contributed by atoms with E-state index in [0.717, 1.165) is 38.3 Å². The Morgan fingerprint density at radius 2 is 1.89 bits per heavy atom. The first-order chi connectivity index (χ1) is 8.78. The highest BCUT2D eigenvalue weighted by molar-refractivity contribution is 4.84. The largest absolute Gasteiger partial charge is 0.380 e. The van der Waals surface area contributed by atoms with Gasteiger partial charge in [-0.3, -0.25) is 0 Å². The van der Waals surface area contributed by atoms with Crippen molar-refractivity contribution in [1.29, 1.82) is 0 Å². The van der Waals surface area contributed by atoms with Crippen LogP contribution in [0.3, 0.4) is 0 Å². The Balaban J connectivity index is 1.59. The van der Waals surface area contributed by atoms with Gasteiger partial charge in [-0.15, -0.1) is 6.58 Å². The van der Waals surface area contributed by atoms with Crippen LogP contribution < -0.4 is 0 Å². The standard InChI is InChI=1S/C16H28O2/c1-3-5-14-6-8-15(9-7-14)10-17-11-16(4-2)12-18-13-16/h3,14-15H,1,4-13H2,2H3. The summed E-state index contributed by atoms with van der Waals surface area (Å²) >= 11 is 0. The van der Waals surface area contributed by atoms with Gasteiger partial charge in [-0.1, -0.05) is 13.0 Å². The molecule has 1 aliphatic carbocycles. The van der Waals surface area contributed by atoms with E-state index >= 15 is 0 Å². The lowest BCUT2D eigenvalue weighted by Crippen LogP contribution is -2.46. The fraction of sp³-hybridized carbons (Fsp3) is 0.875. The van der Waals surface area contributed by atoms with Crippen LogP contribution in [0.1, 0.15) is 45.4 Å². The fourth-order valence-corrected chi connectivity index (χ4v) is 3.09. The molecule has 2 fully saturated rings. The molecule has 2 heteroatoms. The molecule has 1 saturated carbocycles. The maximum atomic E-state index is 5.97. The van der Waals surface area contributed by atoms with Crippen LogP contribution >= 0.6 is 0 Å². The smallest absolute Gasteiger partial charge is 0.0566 e. The fourth-order valence-electron chi connectivity index (χ4n) is 3.09. The van der Waals surface area contributed by atoms with E-state index < -0.39 is 0 Å². The Kier molecular flexibility index (Phi) is 5.25. The first-order valence-corrected chi connectivity index (χ1v) is 7.54. The molecule has 0 bridgehead atoms. The second-order valence-corrected chi connectivity index (χ2v) is 6.27. The molecule has 18 heavy (non-hydrogen) atoms. The van der Waals surface area contributed by atoms with Crippen molar-refractivity contribution in [3.63, 3.8) is 0 Å². The van der Waals surface area contributed by atoms with Gasteiger partial charge < -0.3 is 9.47 Å². The summed E-state index contributed by atoms with van der Waals surface area (Å²) in [5.41, 5.74) is 0.347. The van der Waals surface area contributed by atoms with Crippen LogP contribution in [0.25, 0.3) is 0 Å². The Bertz CT molecular complexity index is 244. The van der Waals surface area contributed by atoms with Gasteiger partial charge in [-0.2, -0.15) is 0 Å². The summed E-state index contributed by atoms with van der Waals surface area (Å²) in [5, 5.41) is 0. The molecule has 0 amide bonds. The molecule has 0 radical (unpaired) electrons. The average molecular weight is 252 g/mol. The van der Waals surface area contributed by atoms with Crippen molar-refractivity contribution in [2.75, 3.05) is 26.4 Å². The van der Waals surface area contributed by atoms with Gasteiger partial charge in [0.15, 0.2) is 0 Å². The lowest BCUT2D eigenvalue weighted by Gasteiger charge is -2.40. The van der Waals surface area contributed by atoms with Crippen molar-refractivity contribution < 1.29 is 9.47 Å². The van der Waals surface area contributed by atoms with Crippen LogP contribution in [0.5, 0.6) is 0 Å². The van der Waals surface area contributed by atoms with Gasteiger partial charge in [0, 0.05) is 12.0 Å². The maximum absolute atomic E-state index is 5.97. The Labute approximate surface area is 112 Å². The predicted octanol–water partition coefficient (Wildman–Crippen LogP) is 3.81. The second-order valence-electron chi connectivity index (χ2n) is 6.27. The normalized spacial score (nSPS) is 30.7. The summed E-state index contributed by atoms with van der Waals surface area (Å²) in [6, 6.07) is 0. The van der Waals surface area contributed by atoms with Gasteiger partial charge >= 0.3 is 0 Å². The number of ether oxygens (including phenoxy) is 2. The molecule has 0 N–H and O–H groups in total. The highest BCUT2D eigenvalue weighted by Gasteiger charge is 2.37. The van der Waals surface area contributed by atoms with Gasteiger partial charge in [0.1, 0.15) is 0 Å². The zero-order valence-corrected chi connectivity index (χ0v) is 11.8. The van der Waals surface area contributed by atoms with Gasteiger partial charge in [0.2, 0.25) is 0 Å². The molecule has 2 aliphatic rings. The van der Waals surface area contributed by atoms with Crippen LogP contribution in [0.15, 0.2) is 12.7 Å². The molecule has 0 unspecified atom stereocenters. The Morgan fingerprint density at radius 3 is 2.39 bits per heavy atom. The number of rotatable bonds is 7. The maximum Gasteiger partial charge on any atom is 0.0566 e. The quantitative estimate of drug-likeness (QED) is 0.641. The molecule has 0 spiro atoms. The number of hydrogen-bond acceptors (Lipinski definition) is 2. The molecule has 0 aromatic carbocycles. The van der Waals surface area contributed by atoms with Crippen LogP contribution in [0.2, 0.25) is 0 Å². The molecular formula is C16H28O2. The highest BCUT2D eigenvalue weighted by atomic mass is 16.5. The van der Waals surface area contributed by atoms with E-state index in [1.165, 1.54) is 38.5 Å². The van der Waals surface area contributed by atoms with Crippen molar-refractivity contribution in [2.45, 2.75) is 45.4 Å². The minimum atomic E-state index is 0.347. The van der Waals surface area contributed by atoms with Gasteiger partial charge in [-0.05, 0) is 50.4 Å². The van der Waals surface area contributed by atoms with E-state index in [9.17, 15) is 0 Å². The third kappa shape index (κ3) is 3.58. The number of allylic oxidation sites excluding steroid dienone is 1. The molecule has 0 atom stereocenters. The molecule has 1 heterocycles. The van der Waals surface area contributed by atoms with Gasteiger partial charge in [0.25, 0.3) is 0 Å². The third-order valence-electron chi connectivity index (χ3n) is 4.79. The monoisotopic (exact) mass is 252 g/mol. The summed E-state index contributed by atoms with van der Waals surface area (Å²) in [6.45, 7) is 9.74. The summed E-state index contributed by atoms with van der Waals surface area (Å²) in [5.74, 6) is 1.68. The van der Waals surface area contributed by atoms with Crippen LogP contribution in [-0.4, -0.2) is 26.4 Å². The van der Waals surface area contributed by atoms with Crippen molar-refractivity contribution in [3.05, 3.63) is 12.7 Å². The second kappa shape index (κ2) is 6.72. The van der Waals surface area contributed by atoms with E-state index in [1.54, 1.807) is 0 Å². The summed E-state index contributed by atoms with van der Waals surface area (Å²) in [6.07, 6.45) is 9.86. The van der Waals surface area contributed by atoms with Crippen molar-refractivity contribution in [1.82, 2.24) is 0 Å². The molecule has 0 aromatic rings. The Morgan fingerprint density at radius 1 is 1.22 bits per heavy atom. The zero-order valence-electron chi connectivity index (χ0n) is 11.8. The van der Waals surface area contributed by atoms with Crippen molar-refractivity contribution in [2.24, 2.45) is 17.3 Å². The SMILES string of the molecule is C=CCC1CCC(COCC2(CC)COC2)CC1. The molecule has 2 rings (SSSR count). The minimum absolute atomic E-state index is 0.347. The lowest BCUT2D eigenvalue weighted by atomic mass is 9.81. The topological polar surface area (TPSA) is 18.5 Å². The highest BCUT2D eigenvalue weighted by Crippen LogP contribution is 2.33. The third-order valence-corrected chi connectivity index (χ3v) is 4.79. The van der Waals surface area contributed by atoms with E-state index in [0.29, 0.717) is 5.41 Å². The van der Waals surface area contributed by atoms with Gasteiger partial charge in [0.05, 0.1) is 19.8 Å². The number of hydrogen-bond donors (Lipinski definition) is 0. The van der Waals surface area contributed by atoms with Crippen molar-refractivity contribution >= 4 is 0 Å². The average Bonchev–Trinajstić information content (AvgIpc) is 2.35. The van der Waals surface area contributed by atoms with Crippen LogP contribution in [0, 0.1) is 17.3 Å². The van der Waals surface area contributed by atoms with E-state index in [1.807, 2.05) is 0 Å². The molecular weight excluding hydrogens is 224 g/mol. The van der Waals surface area contributed by atoms with E-state index in [-0.39, 0.29) is 0 Å². The first-order valence-electron chi connectivity index (χ1n) is 7.54. The summed E-state index contributed by atoms with van der Waals surface area (Å²) in [4.78, 5) is 0. The minimum Gasteiger partial charge on any atom is -0.380 e. The van der Waals surface area contributed by atoms with Crippen LogP contribution in [0.4, 0.5) is 0 Å². The zero-order chi connectivity index (χ0) is 12.8. The van der Waals surface area contributed by atoms with Crippen LogP contribution in [-0.2, 0) is 9.47 Å². The molecule has 1 saturated heterocycles. The van der Waals surface area contributed by atoms with Gasteiger partial charge in [-0.25, -0.2) is 0 Å². The first kappa shape index (κ1) is 14.1. The predicted molar refractivity (Wildman–Crippen MR) is 74.6 cm³/mol. The van der Waals surface area contributed by atoms with E-state index in [2.05, 4.69) is 19.6 Å².